The van der Waals surface area contributed by atoms with Crippen molar-refractivity contribution in [2.45, 2.75) is 59.0 Å². The Kier molecular flexibility index (Phi) is 3.05. The molecule has 2 aliphatic carbocycles. The maximum Gasteiger partial charge on any atom is 0.307 e. The van der Waals surface area contributed by atoms with Crippen LogP contribution in [0.15, 0.2) is 0 Å². The molecule has 2 fully saturated rings. The molecule has 0 N–H and O–H groups in total. The Hall–Kier alpha value is -0.180. The molecule has 17 heavy (non-hydrogen) atoms. The number of ether oxygens (including phenoxy) is 1. The molecule has 3 heteroatoms. The maximum atomic E-state index is 11.8. The van der Waals surface area contributed by atoms with E-state index in [1.54, 1.807) is 0 Å². The fraction of sp³-hybridized carbons (Fsp3) is 0.929. The van der Waals surface area contributed by atoms with Gasteiger partial charge in [-0.3, -0.25) is 4.79 Å². The van der Waals surface area contributed by atoms with Crippen molar-refractivity contribution in [3.8, 4) is 0 Å². The van der Waals surface area contributed by atoms with E-state index in [1.165, 1.54) is 12.8 Å². The molecule has 3 unspecified atom stereocenters. The summed E-state index contributed by atoms with van der Waals surface area (Å²) >= 11 is 4.09. The third-order valence-corrected chi connectivity index (χ3v) is 6.12. The zero-order chi connectivity index (χ0) is 12.9. The minimum absolute atomic E-state index is 0.0907. The van der Waals surface area contributed by atoms with Crippen molar-refractivity contribution < 1.29 is 9.53 Å². The number of rotatable bonds is 3. The van der Waals surface area contributed by atoms with Gasteiger partial charge < -0.3 is 4.74 Å². The van der Waals surface area contributed by atoms with Crippen molar-refractivity contribution in [2.75, 3.05) is 5.75 Å². The highest BCUT2D eigenvalue weighted by atomic mass is 32.1. The number of carbonyl (C=O) groups is 1. The summed E-state index contributed by atoms with van der Waals surface area (Å²) in [5.41, 5.74) is 0.124. The molecule has 98 valence electrons. The SMILES string of the molecule is CC1(OC(=O)CCS)CC2CCC1(C)C2(C)C. The van der Waals surface area contributed by atoms with Crippen LogP contribution in [-0.4, -0.2) is 17.3 Å². The first-order valence-corrected chi connectivity index (χ1v) is 7.23. The van der Waals surface area contributed by atoms with Gasteiger partial charge in [-0.25, -0.2) is 0 Å². The molecule has 0 aromatic rings. The van der Waals surface area contributed by atoms with Gasteiger partial charge in [-0.2, -0.15) is 12.6 Å². The topological polar surface area (TPSA) is 26.3 Å². The van der Waals surface area contributed by atoms with Crippen molar-refractivity contribution in [1.82, 2.24) is 0 Å². The van der Waals surface area contributed by atoms with E-state index in [0.29, 0.717) is 18.1 Å². The van der Waals surface area contributed by atoms with Crippen molar-refractivity contribution in [1.29, 1.82) is 0 Å². The summed E-state index contributed by atoms with van der Waals surface area (Å²) in [4.78, 5) is 11.8. The lowest BCUT2D eigenvalue weighted by Gasteiger charge is -2.45. The van der Waals surface area contributed by atoms with E-state index in [2.05, 4.69) is 40.3 Å². The van der Waals surface area contributed by atoms with Crippen LogP contribution in [0.5, 0.6) is 0 Å². The highest BCUT2D eigenvalue weighted by Gasteiger charge is 2.68. The fourth-order valence-corrected chi connectivity index (χ4v) is 4.33. The Morgan fingerprint density at radius 3 is 2.41 bits per heavy atom. The zero-order valence-electron chi connectivity index (χ0n) is 11.4. The van der Waals surface area contributed by atoms with E-state index < -0.39 is 0 Å². The first kappa shape index (κ1) is 13.3. The highest BCUT2D eigenvalue weighted by Crippen LogP contribution is 2.70. The lowest BCUT2D eigenvalue weighted by atomic mass is 9.65. The highest BCUT2D eigenvalue weighted by molar-refractivity contribution is 7.80. The third kappa shape index (κ3) is 1.65. The standard InChI is InChI=1S/C14H24O2S/c1-12(2)10-5-7-13(12,3)14(4,9-10)16-11(15)6-8-17/h10,17H,5-9H2,1-4H3. The van der Waals surface area contributed by atoms with Crippen LogP contribution >= 0.6 is 12.6 Å². The molecular formula is C14H24O2S. The Labute approximate surface area is 110 Å². The van der Waals surface area contributed by atoms with Gasteiger partial charge >= 0.3 is 5.97 Å². The summed E-state index contributed by atoms with van der Waals surface area (Å²) in [6.07, 6.45) is 3.90. The Bertz CT molecular complexity index is 339. The molecular weight excluding hydrogens is 232 g/mol. The molecule has 0 heterocycles. The monoisotopic (exact) mass is 256 g/mol. The second kappa shape index (κ2) is 3.91. The molecule has 2 rings (SSSR count). The Morgan fingerprint density at radius 1 is 1.35 bits per heavy atom. The molecule has 0 aromatic carbocycles. The van der Waals surface area contributed by atoms with Crippen LogP contribution in [0.25, 0.3) is 0 Å². The predicted molar refractivity (Wildman–Crippen MR) is 72.2 cm³/mol. The third-order valence-electron chi connectivity index (χ3n) is 5.89. The molecule has 2 aliphatic rings. The predicted octanol–water partition coefficient (Wildman–Crippen LogP) is 3.45. The van der Waals surface area contributed by atoms with Gasteiger partial charge in [0.25, 0.3) is 0 Å². The number of esters is 1. The van der Waals surface area contributed by atoms with E-state index in [-0.39, 0.29) is 22.4 Å². The molecule has 0 spiro atoms. The van der Waals surface area contributed by atoms with Gasteiger partial charge in [-0.15, -0.1) is 0 Å². The lowest BCUT2D eigenvalue weighted by Crippen LogP contribution is -2.48. The summed E-state index contributed by atoms with van der Waals surface area (Å²) in [5.74, 6) is 1.17. The lowest BCUT2D eigenvalue weighted by molar-refractivity contribution is -0.174. The quantitative estimate of drug-likeness (QED) is 0.618. The molecule has 0 saturated heterocycles. The van der Waals surface area contributed by atoms with Gasteiger partial charge in [0, 0.05) is 11.2 Å². The summed E-state index contributed by atoms with van der Waals surface area (Å²) in [6.45, 7) is 9.10. The number of fused-ring (bicyclic) bond motifs is 2. The van der Waals surface area contributed by atoms with Gasteiger partial charge in [-0.1, -0.05) is 20.8 Å². The molecule has 3 atom stereocenters. The smallest absolute Gasteiger partial charge is 0.307 e. The second-order valence-electron chi connectivity index (χ2n) is 6.67. The normalized spacial score (nSPS) is 42.8. The average Bonchev–Trinajstić information content (AvgIpc) is 2.49. The number of carbonyl (C=O) groups excluding carboxylic acids is 1. The van der Waals surface area contributed by atoms with Crippen LogP contribution in [0.2, 0.25) is 0 Å². The summed E-state index contributed by atoms with van der Waals surface area (Å²) in [6, 6.07) is 0. The number of hydrogen-bond donors (Lipinski definition) is 1. The van der Waals surface area contributed by atoms with Gasteiger partial charge in [0.1, 0.15) is 5.60 Å². The summed E-state index contributed by atoms with van der Waals surface area (Å²) in [5, 5.41) is 0. The Morgan fingerprint density at radius 2 is 2.00 bits per heavy atom. The van der Waals surface area contributed by atoms with E-state index in [9.17, 15) is 4.79 Å². The molecule has 2 nitrogen and oxygen atoms in total. The largest absolute Gasteiger partial charge is 0.459 e. The minimum Gasteiger partial charge on any atom is -0.459 e. The molecule has 0 aliphatic heterocycles. The van der Waals surface area contributed by atoms with Crippen LogP contribution in [0.3, 0.4) is 0 Å². The fourth-order valence-electron chi connectivity index (χ4n) is 4.14. The summed E-state index contributed by atoms with van der Waals surface area (Å²) < 4.78 is 5.82. The molecule has 2 bridgehead atoms. The van der Waals surface area contributed by atoms with Gasteiger partial charge in [0.05, 0.1) is 6.42 Å². The summed E-state index contributed by atoms with van der Waals surface area (Å²) in [7, 11) is 0. The van der Waals surface area contributed by atoms with E-state index >= 15 is 0 Å². The van der Waals surface area contributed by atoms with Crippen molar-refractivity contribution >= 4 is 18.6 Å². The average molecular weight is 256 g/mol. The molecule has 0 amide bonds. The van der Waals surface area contributed by atoms with Crippen LogP contribution in [-0.2, 0) is 9.53 Å². The van der Waals surface area contributed by atoms with Crippen LogP contribution in [0, 0.1) is 16.7 Å². The first-order chi connectivity index (χ1) is 7.77. The van der Waals surface area contributed by atoms with Crippen molar-refractivity contribution in [2.24, 2.45) is 16.7 Å². The van der Waals surface area contributed by atoms with Crippen molar-refractivity contribution in [3.05, 3.63) is 0 Å². The van der Waals surface area contributed by atoms with Crippen LogP contribution in [0.4, 0.5) is 0 Å². The first-order valence-electron chi connectivity index (χ1n) is 6.59. The molecule has 2 saturated carbocycles. The maximum absolute atomic E-state index is 11.8. The van der Waals surface area contributed by atoms with Crippen LogP contribution < -0.4 is 0 Å². The number of hydrogen-bond acceptors (Lipinski definition) is 3. The minimum atomic E-state index is -0.278. The molecule has 0 aromatic heterocycles. The van der Waals surface area contributed by atoms with E-state index in [4.69, 9.17) is 4.74 Å². The zero-order valence-corrected chi connectivity index (χ0v) is 12.3. The van der Waals surface area contributed by atoms with Gasteiger partial charge in [0.15, 0.2) is 0 Å². The van der Waals surface area contributed by atoms with Gasteiger partial charge in [0.2, 0.25) is 0 Å². The van der Waals surface area contributed by atoms with Crippen molar-refractivity contribution in [3.63, 3.8) is 0 Å². The van der Waals surface area contributed by atoms with E-state index in [0.717, 1.165) is 6.42 Å². The number of thiol groups is 1. The van der Waals surface area contributed by atoms with Crippen LogP contribution in [0.1, 0.15) is 53.4 Å². The van der Waals surface area contributed by atoms with E-state index in [1.807, 2.05) is 0 Å². The Balaban J connectivity index is 2.21. The molecule has 0 radical (unpaired) electrons. The van der Waals surface area contributed by atoms with Gasteiger partial charge in [-0.05, 0) is 37.5 Å². The second-order valence-corrected chi connectivity index (χ2v) is 7.12.